The molecule has 1 aliphatic rings. The molecule has 0 amide bonds. The SMILES string of the molecule is CCn1nnc([C@H]2O[C@@H](n3cnc4c(NCC(c5ccc(OC)cc5)c5ccc(OC)cc5)nc(Cl)nc43)[C@H](O)[C@@H]2O)n1. The van der Waals surface area contributed by atoms with Crippen LogP contribution in [0, 0.1) is 0 Å². The molecule has 0 radical (unpaired) electrons. The van der Waals surface area contributed by atoms with Crippen molar-refractivity contribution < 1.29 is 24.4 Å². The highest BCUT2D eigenvalue weighted by molar-refractivity contribution is 6.28. The molecule has 224 valence electrons. The van der Waals surface area contributed by atoms with Crippen LogP contribution in [-0.2, 0) is 11.3 Å². The van der Waals surface area contributed by atoms with Gasteiger partial charge in [0.1, 0.15) is 23.7 Å². The van der Waals surface area contributed by atoms with Crippen molar-refractivity contribution in [3.8, 4) is 11.5 Å². The maximum absolute atomic E-state index is 10.9. The third kappa shape index (κ3) is 5.57. The van der Waals surface area contributed by atoms with Crippen molar-refractivity contribution in [1.29, 1.82) is 0 Å². The van der Waals surface area contributed by atoms with Crippen molar-refractivity contribution in [3.63, 3.8) is 0 Å². The van der Waals surface area contributed by atoms with Gasteiger partial charge in [0.05, 0.1) is 27.1 Å². The topological polar surface area (TPSA) is 167 Å². The maximum Gasteiger partial charge on any atom is 0.226 e. The Morgan fingerprint density at radius 3 is 2.21 bits per heavy atom. The number of methoxy groups -OCH3 is 2. The first-order chi connectivity index (χ1) is 20.9. The lowest BCUT2D eigenvalue weighted by atomic mass is 9.91. The minimum absolute atomic E-state index is 0.0284. The average Bonchev–Trinajstić information content (AvgIpc) is 3.75. The molecule has 5 aromatic rings. The number of benzene rings is 2. The van der Waals surface area contributed by atoms with Gasteiger partial charge in [-0.15, -0.1) is 10.2 Å². The van der Waals surface area contributed by atoms with Crippen molar-refractivity contribution in [2.45, 2.75) is 43.9 Å². The third-order valence-electron chi connectivity index (χ3n) is 7.42. The van der Waals surface area contributed by atoms with Crippen molar-refractivity contribution in [1.82, 2.24) is 39.7 Å². The van der Waals surface area contributed by atoms with E-state index < -0.39 is 24.5 Å². The first kappa shape index (κ1) is 28.7. The number of aromatic nitrogens is 8. The molecule has 3 aromatic heterocycles. The molecule has 43 heavy (non-hydrogen) atoms. The molecule has 0 bridgehead atoms. The smallest absolute Gasteiger partial charge is 0.226 e. The number of anilines is 1. The number of nitrogens with zero attached hydrogens (tertiary/aromatic N) is 8. The lowest BCUT2D eigenvalue weighted by Crippen LogP contribution is -2.29. The standard InChI is InChI=1S/C28H30ClN9O5/c1-4-38-35-25(34-36-38)23-21(39)22(40)27(43-23)37-14-31-20-24(32-28(29)33-26(20)37)30-13-19(15-5-9-17(41-2)10-6-15)16-7-11-18(42-3)12-8-16/h5-12,14,19,21-23,27,39-40H,4,13H2,1-3H3,(H,30,32,33)/t21-,22+,23-,27+/m0/s1. The fourth-order valence-electron chi connectivity index (χ4n) is 5.10. The Hall–Kier alpha value is -4.37. The van der Waals surface area contributed by atoms with Crippen LogP contribution in [0.4, 0.5) is 5.82 Å². The number of nitrogens with one attached hydrogen (secondary N) is 1. The molecule has 4 atom stereocenters. The van der Waals surface area contributed by atoms with Crippen LogP contribution in [0.15, 0.2) is 54.9 Å². The number of aliphatic hydroxyl groups is 2. The van der Waals surface area contributed by atoms with Gasteiger partial charge in [-0.1, -0.05) is 24.3 Å². The van der Waals surface area contributed by atoms with E-state index in [1.807, 2.05) is 55.5 Å². The number of aliphatic hydroxyl groups excluding tert-OH is 2. The number of tetrazole rings is 1. The highest BCUT2D eigenvalue weighted by Gasteiger charge is 2.47. The summed E-state index contributed by atoms with van der Waals surface area (Å²) >= 11 is 6.37. The van der Waals surface area contributed by atoms with E-state index in [2.05, 4.69) is 35.7 Å². The lowest BCUT2D eigenvalue weighted by Gasteiger charge is -2.20. The second-order valence-electron chi connectivity index (χ2n) is 9.91. The van der Waals surface area contributed by atoms with Gasteiger partial charge >= 0.3 is 0 Å². The normalized spacial score (nSPS) is 20.2. The van der Waals surface area contributed by atoms with Crippen LogP contribution in [0.2, 0.25) is 5.28 Å². The molecule has 0 unspecified atom stereocenters. The first-order valence-electron chi connectivity index (χ1n) is 13.6. The molecule has 0 aliphatic carbocycles. The molecule has 2 aromatic carbocycles. The zero-order valence-electron chi connectivity index (χ0n) is 23.6. The summed E-state index contributed by atoms with van der Waals surface area (Å²) in [5.74, 6) is 2.00. The number of aryl methyl sites for hydroxylation is 1. The van der Waals surface area contributed by atoms with Gasteiger partial charge in [0, 0.05) is 12.5 Å². The van der Waals surface area contributed by atoms with Gasteiger partial charge < -0.3 is 29.7 Å². The number of hydrogen-bond donors (Lipinski definition) is 3. The van der Waals surface area contributed by atoms with Gasteiger partial charge in [-0.2, -0.15) is 14.8 Å². The Balaban J connectivity index is 1.29. The van der Waals surface area contributed by atoms with Crippen molar-refractivity contribution in [3.05, 3.63) is 77.1 Å². The van der Waals surface area contributed by atoms with Gasteiger partial charge in [-0.3, -0.25) is 4.57 Å². The quantitative estimate of drug-likeness (QED) is 0.199. The summed E-state index contributed by atoms with van der Waals surface area (Å²) in [6.45, 7) is 2.80. The number of halogens is 1. The van der Waals surface area contributed by atoms with Gasteiger partial charge in [0.2, 0.25) is 11.1 Å². The largest absolute Gasteiger partial charge is 0.497 e. The van der Waals surface area contributed by atoms with Gasteiger partial charge in [0.25, 0.3) is 0 Å². The van der Waals surface area contributed by atoms with Gasteiger partial charge in [0.15, 0.2) is 29.3 Å². The second-order valence-corrected chi connectivity index (χ2v) is 10.2. The molecule has 4 heterocycles. The predicted molar refractivity (Wildman–Crippen MR) is 155 cm³/mol. The number of ether oxygens (including phenoxy) is 3. The fraction of sp³-hybridized carbons (Fsp3) is 0.357. The van der Waals surface area contributed by atoms with Crippen molar-refractivity contribution >= 4 is 28.6 Å². The number of rotatable bonds is 10. The Morgan fingerprint density at radius 1 is 0.977 bits per heavy atom. The number of fused-ring (bicyclic) bond motifs is 1. The summed E-state index contributed by atoms with van der Waals surface area (Å²) < 4.78 is 18.2. The second kappa shape index (κ2) is 12.1. The summed E-state index contributed by atoms with van der Waals surface area (Å²) in [5.41, 5.74) is 2.83. The first-order valence-corrected chi connectivity index (χ1v) is 14.0. The van der Waals surface area contributed by atoms with Crippen LogP contribution in [0.25, 0.3) is 11.2 Å². The minimum atomic E-state index is -1.32. The Labute approximate surface area is 251 Å². The fourth-order valence-corrected chi connectivity index (χ4v) is 5.27. The average molecular weight is 608 g/mol. The van der Waals surface area contributed by atoms with E-state index in [9.17, 15) is 10.2 Å². The molecule has 1 aliphatic heterocycles. The number of hydrogen-bond acceptors (Lipinski definition) is 12. The number of imidazole rings is 1. The molecule has 0 spiro atoms. The summed E-state index contributed by atoms with van der Waals surface area (Å²) in [6.07, 6.45) is -3.20. The monoisotopic (exact) mass is 607 g/mol. The molecule has 0 saturated carbocycles. The van der Waals surface area contributed by atoms with Crippen LogP contribution in [-0.4, -0.2) is 82.9 Å². The van der Waals surface area contributed by atoms with E-state index in [0.717, 1.165) is 22.6 Å². The van der Waals surface area contributed by atoms with Crippen LogP contribution in [0.3, 0.4) is 0 Å². The van der Waals surface area contributed by atoms with Gasteiger partial charge in [-0.25, -0.2) is 4.98 Å². The Bertz CT molecular complexity index is 1650. The summed E-state index contributed by atoms with van der Waals surface area (Å²) in [7, 11) is 3.26. The summed E-state index contributed by atoms with van der Waals surface area (Å²) in [6, 6.07) is 15.7. The van der Waals surface area contributed by atoms with E-state index >= 15 is 0 Å². The maximum atomic E-state index is 10.9. The van der Waals surface area contributed by atoms with Crippen LogP contribution in [0.5, 0.6) is 11.5 Å². The highest BCUT2D eigenvalue weighted by Crippen LogP contribution is 2.39. The molecule has 14 nitrogen and oxygen atoms in total. The third-order valence-corrected chi connectivity index (χ3v) is 7.59. The van der Waals surface area contributed by atoms with Crippen molar-refractivity contribution in [2.24, 2.45) is 0 Å². The van der Waals surface area contributed by atoms with Crippen molar-refractivity contribution in [2.75, 3.05) is 26.1 Å². The highest BCUT2D eigenvalue weighted by atomic mass is 35.5. The van der Waals surface area contributed by atoms with E-state index in [0.29, 0.717) is 30.1 Å². The molecular formula is C28H30ClN9O5. The zero-order valence-corrected chi connectivity index (χ0v) is 24.3. The summed E-state index contributed by atoms with van der Waals surface area (Å²) in [4.78, 5) is 14.7. The van der Waals surface area contributed by atoms with Gasteiger partial charge in [-0.05, 0) is 59.1 Å². The molecule has 15 heteroatoms. The Kier molecular flexibility index (Phi) is 8.08. The van der Waals surface area contributed by atoms with Crippen LogP contribution < -0.4 is 14.8 Å². The lowest BCUT2D eigenvalue weighted by molar-refractivity contribution is -0.0384. The van der Waals surface area contributed by atoms with E-state index in [1.54, 1.807) is 14.2 Å². The molecule has 3 N–H and O–H groups in total. The predicted octanol–water partition coefficient (Wildman–Crippen LogP) is 2.74. The summed E-state index contributed by atoms with van der Waals surface area (Å²) in [5, 5.41) is 37.1. The molecule has 1 fully saturated rings. The van der Waals surface area contributed by atoms with E-state index in [4.69, 9.17) is 25.8 Å². The van der Waals surface area contributed by atoms with Crippen LogP contribution in [0.1, 0.15) is 42.1 Å². The van der Waals surface area contributed by atoms with E-state index in [1.165, 1.54) is 15.7 Å². The minimum Gasteiger partial charge on any atom is -0.497 e. The molecule has 1 saturated heterocycles. The zero-order chi connectivity index (χ0) is 30.1. The molecular weight excluding hydrogens is 578 g/mol. The van der Waals surface area contributed by atoms with E-state index in [-0.39, 0.29) is 17.0 Å². The Morgan fingerprint density at radius 2 is 1.63 bits per heavy atom. The molecule has 6 rings (SSSR count). The van der Waals surface area contributed by atoms with Crippen LogP contribution >= 0.6 is 11.6 Å².